The molecule has 1 aromatic rings. The minimum absolute atomic E-state index is 0.0251. The molecule has 4 rings (SSSR count). The minimum atomic E-state index is -0.0251. The van der Waals surface area contributed by atoms with Gasteiger partial charge in [-0.1, -0.05) is 0 Å². The lowest BCUT2D eigenvalue weighted by Crippen LogP contribution is -2.55. The summed E-state index contributed by atoms with van der Waals surface area (Å²) in [6, 6.07) is 4.06. The van der Waals surface area contributed by atoms with Crippen LogP contribution in [0.1, 0.15) is 55.8 Å². The van der Waals surface area contributed by atoms with Crippen molar-refractivity contribution in [1.29, 1.82) is 0 Å². The number of carbonyl (C=O) groups is 1. The molecule has 1 aliphatic heterocycles. The molecule has 1 saturated heterocycles. The number of fused-ring (bicyclic) bond motifs is 1. The molecular weight excluding hydrogens is 326 g/mol. The van der Waals surface area contributed by atoms with Gasteiger partial charge in [0.1, 0.15) is 0 Å². The van der Waals surface area contributed by atoms with E-state index in [0.29, 0.717) is 17.5 Å². The van der Waals surface area contributed by atoms with Crippen molar-refractivity contribution in [2.45, 2.75) is 57.5 Å². The molecular formula is C21H31N3O2. The van der Waals surface area contributed by atoms with E-state index in [0.717, 1.165) is 30.6 Å². The van der Waals surface area contributed by atoms with Gasteiger partial charge in [-0.3, -0.25) is 9.69 Å². The third-order valence-corrected chi connectivity index (χ3v) is 6.78. The molecule has 0 aromatic carbocycles. The Morgan fingerprint density at radius 3 is 3.00 bits per heavy atom. The highest BCUT2D eigenvalue weighted by Gasteiger charge is 2.42. The summed E-state index contributed by atoms with van der Waals surface area (Å²) in [4.78, 5) is 19.4. The normalized spacial score (nSPS) is 34.0. The number of carbonyl (C=O) groups excluding carboxylic acids is 1. The number of ether oxygens (including phenoxy) is 1. The number of aromatic nitrogens is 1. The highest BCUT2D eigenvalue weighted by atomic mass is 16.5. The second-order valence-electron chi connectivity index (χ2n) is 8.48. The van der Waals surface area contributed by atoms with Crippen LogP contribution >= 0.6 is 0 Å². The highest BCUT2D eigenvalue weighted by molar-refractivity contribution is 5.94. The molecule has 5 heteroatoms. The molecule has 0 bridgehead atoms. The van der Waals surface area contributed by atoms with E-state index in [9.17, 15) is 4.79 Å². The van der Waals surface area contributed by atoms with Crippen LogP contribution in [0.25, 0.3) is 0 Å². The smallest absolute Gasteiger partial charge is 0.251 e. The summed E-state index contributed by atoms with van der Waals surface area (Å²) in [6.45, 7) is 4.65. The predicted molar refractivity (Wildman–Crippen MR) is 101 cm³/mol. The number of hydrogen-bond donors (Lipinski definition) is 1. The maximum atomic E-state index is 12.7. The van der Waals surface area contributed by atoms with Gasteiger partial charge in [-0.05, 0) is 75.8 Å². The van der Waals surface area contributed by atoms with Gasteiger partial charge in [-0.25, -0.2) is 4.98 Å². The molecule has 5 nitrogen and oxygen atoms in total. The average molecular weight is 357 g/mol. The van der Waals surface area contributed by atoms with Crippen molar-refractivity contribution in [3.05, 3.63) is 23.9 Å². The van der Waals surface area contributed by atoms with Crippen molar-refractivity contribution in [2.24, 2.45) is 17.8 Å². The minimum Gasteiger partial charge on any atom is -0.481 e. The molecule has 2 saturated carbocycles. The van der Waals surface area contributed by atoms with Crippen LogP contribution in [0, 0.1) is 17.8 Å². The Bertz CT molecular complexity index is 650. The van der Waals surface area contributed by atoms with Gasteiger partial charge in [0.05, 0.1) is 7.11 Å². The van der Waals surface area contributed by atoms with Crippen molar-refractivity contribution in [2.75, 3.05) is 20.2 Å². The summed E-state index contributed by atoms with van der Waals surface area (Å²) in [6.07, 6.45) is 9.61. The van der Waals surface area contributed by atoms with E-state index in [1.165, 1.54) is 38.8 Å². The molecule has 2 heterocycles. The Hall–Kier alpha value is -1.62. The van der Waals surface area contributed by atoms with Crippen LogP contribution in [-0.2, 0) is 0 Å². The molecule has 142 valence electrons. The molecule has 1 N–H and O–H groups in total. The van der Waals surface area contributed by atoms with Gasteiger partial charge in [0.25, 0.3) is 5.91 Å². The Balaban J connectivity index is 1.34. The van der Waals surface area contributed by atoms with Crippen LogP contribution in [0.5, 0.6) is 5.88 Å². The average Bonchev–Trinajstić information content (AvgIpc) is 3.44. The number of hydrogen-bond acceptors (Lipinski definition) is 4. The number of nitrogens with zero attached hydrogens (tertiary/aromatic N) is 2. The standard InChI is InChI=1S/C21H31N3O2/c1-14-19(23-21(25)17-7-8-22-20(12-17)26-2)4-3-9-24(14)13-15-5-6-16-11-18(16)10-15/h7-8,12,14-16,18-19H,3-6,9-11,13H2,1-2H3,(H,23,25). The summed E-state index contributed by atoms with van der Waals surface area (Å²) in [5, 5.41) is 3.26. The maximum absolute atomic E-state index is 12.7. The van der Waals surface area contributed by atoms with Gasteiger partial charge >= 0.3 is 0 Å². The third kappa shape index (κ3) is 3.88. The number of nitrogens with one attached hydrogen (secondary N) is 1. The van der Waals surface area contributed by atoms with Crippen molar-refractivity contribution in [3.63, 3.8) is 0 Å². The SMILES string of the molecule is COc1cc(C(=O)NC2CCCN(CC3CCC4CC4C3)C2C)ccn1. The van der Waals surface area contributed by atoms with Crippen molar-refractivity contribution in [1.82, 2.24) is 15.2 Å². The molecule has 2 aliphatic carbocycles. The second kappa shape index (κ2) is 7.55. The molecule has 5 atom stereocenters. The number of methoxy groups -OCH3 is 1. The third-order valence-electron chi connectivity index (χ3n) is 6.78. The molecule has 5 unspecified atom stereocenters. The molecule has 1 amide bonds. The van der Waals surface area contributed by atoms with E-state index in [2.05, 4.69) is 22.1 Å². The number of pyridine rings is 1. The van der Waals surface area contributed by atoms with E-state index in [4.69, 9.17) is 4.74 Å². The fourth-order valence-electron chi connectivity index (χ4n) is 5.02. The molecule has 0 spiro atoms. The largest absolute Gasteiger partial charge is 0.481 e. The fraction of sp³-hybridized carbons (Fsp3) is 0.714. The fourth-order valence-corrected chi connectivity index (χ4v) is 5.02. The topological polar surface area (TPSA) is 54.5 Å². The van der Waals surface area contributed by atoms with Gasteiger partial charge < -0.3 is 10.1 Å². The zero-order valence-corrected chi connectivity index (χ0v) is 16.0. The first-order valence-corrected chi connectivity index (χ1v) is 10.2. The summed E-state index contributed by atoms with van der Waals surface area (Å²) in [5.41, 5.74) is 0.619. The predicted octanol–water partition coefficient (Wildman–Crippen LogP) is 3.11. The summed E-state index contributed by atoms with van der Waals surface area (Å²) in [7, 11) is 1.57. The summed E-state index contributed by atoms with van der Waals surface area (Å²) < 4.78 is 5.13. The van der Waals surface area contributed by atoms with E-state index in [1.807, 2.05) is 0 Å². The van der Waals surface area contributed by atoms with Gasteiger partial charge in [0.15, 0.2) is 0 Å². The molecule has 3 fully saturated rings. The van der Waals surface area contributed by atoms with Crippen molar-refractivity contribution in [3.8, 4) is 5.88 Å². The Labute approximate surface area is 156 Å². The molecule has 26 heavy (non-hydrogen) atoms. The summed E-state index contributed by atoms with van der Waals surface area (Å²) >= 11 is 0. The highest BCUT2D eigenvalue weighted by Crippen LogP contribution is 2.51. The van der Waals surface area contributed by atoms with E-state index in [-0.39, 0.29) is 11.9 Å². The Morgan fingerprint density at radius 1 is 1.31 bits per heavy atom. The monoisotopic (exact) mass is 357 g/mol. The first-order valence-electron chi connectivity index (χ1n) is 10.2. The van der Waals surface area contributed by atoms with Crippen molar-refractivity contribution >= 4 is 5.91 Å². The number of likely N-dealkylation sites (tertiary alicyclic amines) is 1. The number of rotatable bonds is 5. The van der Waals surface area contributed by atoms with E-state index >= 15 is 0 Å². The molecule has 3 aliphatic rings. The van der Waals surface area contributed by atoms with Crippen LogP contribution in [0.15, 0.2) is 18.3 Å². The first kappa shape index (κ1) is 17.8. The zero-order valence-electron chi connectivity index (χ0n) is 16.0. The van der Waals surface area contributed by atoms with Gasteiger partial charge in [0.2, 0.25) is 5.88 Å². The van der Waals surface area contributed by atoms with Gasteiger partial charge in [0, 0.05) is 36.5 Å². The lowest BCUT2D eigenvalue weighted by Gasteiger charge is -2.41. The summed E-state index contributed by atoms with van der Waals surface area (Å²) in [5.74, 6) is 3.41. The van der Waals surface area contributed by atoms with E-state index < -0.39 is 0 Å². The molecule has 0 radical (unpaired) electrons. The van der Waals surface area contributed by atoms with Crippen LogP contribution in [0.2, 0.25) is 0 Å². The quantitative estimate of drug-likeness (QED) is 0.880. The maximum Gasteiger partial charge on any atom is 0.251 e. The van der Waals surface area contributed by atoms with Crippen LogP contribution in [0.4, 0.5) is 0 Å². The number of amides is 1. The van der Waals surface area contributed by atoms with Crippen LogP contribution < -0.4 is 10.1 Å². The molecule has 1 aromatic heterocycles. The van der Waals surface area contributed by atoms with E-state index in [1.54, 1.807) is 25.4 Å². The first-order chi connectivity index (χ1) is 12.6. The lowest BCUT2D eigenvalue weighted by atomic mass is 9.87. The van der Waals surface area contributed by atoms with Gasteiger partial charge in [-0.2, -0.15) is 0 Å². The van der Waals surface area contributed by atoms with Crippen LogP contribution in [-0.4, -0.2) is 48.1 Å². The second-order valence-corrected chi connectivity index (χ2v) is 8.48. The Kier molecular flexibility index (Phi) is 5.16. The lowest BCUT2D eigenvalue weighted by molar-refractivity contribution is 0.0758. The van der Waals surface area contributed by atoms with Crippen molar-refractivity contribution < 1.29 is 9.53 Å². The zero-order chi connectivity index (χ0) is 18.1. The van der Waals surface area contributed by atoms with Gasteiger partial charge in [-0.15, -0.1) is 0 Å². The Morgan fingerprint density at radius 2 is 2.19 bits per heavy atom. The number of piperidine rings is 1. The van der Waals surface area contributed by atoms with Crippen LogP contribution in [0.3, 0.4) is 0 Å².